The summed E-state index contributed by atoms with van der Waals surface area (Å²) in [4.78, 5) is 20.7. The lowest BCUT2D eigenvalue weighted by atomic mass is 10.2. The molecule has 1 amide bonds. The Morgan fingerprint density at radius 3 is 2.40 bits per heavy atom. The molecule has 0 aliphatic rings. The minimum absolute atomic E-state index is 0.112. The van der Waals surface area contributed by atoms with Gasteiger partial charge in [0.2, 0.25) is 5.91 Å². The molecule has 0 aromatic carbocycles. The Morgan fingerprint density at radius 2 is 2.10 bits per heavy atom. The van der Waals surface area contributed by atoms with Gasteiger partial charge in [0.1, 0.15) is 5.71 Å². The van der Waals surface area contributed by atoms with Gasteiger partial charge in [0.15, 0.2) is 5.78 Å². The van der Waals surface area contributed by atoms with Crippen LogP contribution in [0.5, 0.6) is 0 Å². The number of oxime groups is 1. The van der Waals surface area contributed by atoms with E-state index < -0.39 is 18.1 Å². The molecule has 3 N–H and O–H groups in total. The zero-order valence-corrected chi connectivity index (χ0v) is 5.50. The number of nitrogens with two attached hydrogens (primary N) is 1. The number of carbonyl (C=O) groups is 2. The molecule has 0 aromatic rings. The van der Waals surface area contributed by atoms with Crippen molar-refractivity contribution in [2.45, 2.75) is 13.3 Å². The van der Waals surface area contributed by atoms with Crippen molar-refractivity contribution in [3.63, 3.8) is 0 Å². The van der Waals surface area contributed by atoms with Gasteiger partial charge < -0.3 is 10.9 Å². The molecule has 0 heterocycles. The third kappa shape index (κ3) is 2.81. The number of hydrogen-bond acceptors (Lipinski definition) is 4. The van der Waals surface area contributed by atoms with Crippen LogP contribution in [-0.2, 0) is 9.59 Å². The number of carbonyl (C=O) groups excluding carboxylic acids is 2. The molecule has 0 bridgehead atoms. The summed E-state index contributed by atoms with van der Waals surface area (Å²) >= 11 is 0. The van der Waals surface area contributed by atoms with Crippen LogP contribution in [0.15, 0.2) is 5.16 Å². The number of primary amides is 1. The minimum atomic E-state index is -0.729. The molecule has 0 spiro atoms. The van der Waals surface area contributed by atoms with Crippen molar-refractivity contribution in [1.82, 2.24) is 0 Å². The first-order valence-corrected chi connectivity index (χ1v) is 2.58. The average Bonchev–Trinajstić information content (AvgIpc) is 1.85. The van der Waals surface area contributed by atoms with Gasteiger partial charge in [-0.2, -0.15) is 0 Å². The lowest BCUT2D eigenvalue weighted by Crippen LogP contribution is -2.20. The van der Waals surface area contributed by atoms with Gasteiger partial charge in [0.25, 0.3) is 0 Å². The molecule has 0 saturated carbocycles. The van der Waals surface area contributed by atoms with Gasteiger partial charge in [-0.1, -0.05) is 5.16 Å². The van der Waals surface area contributed by atoms with Crippen molar-refractivity contribution in [1.29, 1.82) is 0 Å². The molecule has 56 valence electrons. The molecule has 0 aliphatic carbocycles. The minimum Gasteiger partial charge on any atom is -0.411 e. The SMILES string of the molecule is CC(=NO)C(=O)CC(N)=O. The van der Waals surface area contributed by atoms with Crippen LogP contribution >= 0.6 is 0 Å². The summed E-state index contributed by atoms with van der Waals surface area (Å²) < 4.78 is 0. The maximum atomic E-state index is 10.6. The Kier molecular flexibility index (Phi) is 3.10. The topological polar surface area (TPSA) is 92.8 Å². The predicted octanol–water partition coefficient (Wildman–Crippen LogP) is -0.719. The van der Waals surface area contributed by atoms with Crippen LogP contribution in [0.2, 0.25) is 0 Å². The molecule has 10 heavy (non-hydrogen) atoms. The van der Waals surface area contributed by atoms with Gasteiger partial charge in [0, 0.05) is 0 Å². The van der Waals surface area contributed by atoms with Crippen LogP contribution < -0.4 is 5.73 Å². The molecule has 0 aliphatic heterocycles. The third-order valence-corrected chi connectivity index (χ3v) is 0.888. The average molecular weight is 144 g/mol. The zero-order chi connectivity index (χ0) is 8.15. The maximum Gasteiger partial charge on any atom is 0.225 e. The monoisotopic (exact) mass is 144 g/mol. The van der Waals surface area contributed by atoms with E-state index in [1.165, 1.54) is 6.92 Å². The molecule has 5 nitrogen and oxygen atoms in total. The molecule has 5 heteroatoms. The van der Waals surface area contributed by atoms with E-state index in [9.17, 15) is 9.59 Å². The second kappa shape index (κ2) is 3.60. The molecule has 0 saturated heterocycles. The molecule has 0 fully saturated rings. The Morgan fingerprint density at radius 1 is 1.60 bits per heavy atom. The molecular formula is C5H8N2O3. The largest absolute Gasteiger partial charge is 0.411 e. The van der Waals surface area contributed by atoms with E-state index in [-0.39, 0.29) is 5.71 Å². The van der Waals surface area contributed by atoms with Gasteiger partial charge in [0.05, 0.1) is 6.42 Å². The van der Waals surface area contributed by atoms with Gasteiger partial charge in [-0.3, -0.25) is 9.59 Å². The number of hydrogen-bond donors (Lipinski definition) is 2. The summed E-state index contributed by atoms with van der Waals surface area (Å²) in [6, 6.07) is 0. The van der Waals surface area contributed by atoms with E-state index in [4.69, 9.17) is 5.21 Å². The van der Waals surface area contributed by atoms with Crippen LogP contribution in [-0.4, -0.2) is 22.6 Å². The summed E-state index contributed by atoms with van der Waals surface area (Å²) in [7, 11) is 0. The first-order valence-electron chi connectivity index (χ1n) is 2.58. The van der Waals surface area contributed by atoms with E-state index in [1.54, 1.807) is 0 Å². The van der Waals surface area contributed by atoms with E-state index in [2.05, 4.69) is 10.9 Å². The van der Waals surface area contributed by atoms with Crippen molar-refractivity contribution in [3.8, 4) is 0 Å². The van der Waals surface area contributed by atoms with E-state index in [1.807, 2.05) is 0 Å². The molecule has 0 unspecified atom stereocenters. The first kappa shape index (κ1) is 8.61. The second-order valence-electron chi connectivity index (χ2n) is 1.75. The number of amides is 1. The summed E-state index contributed by atoms with van der Waals surface area (Å²) in [6.07, 6.45) is -0.407. The van der Waals surface area contributed by atoms with Crippen molar-refractivity contribution in [3.05, 3.63) is 0 Å². The molecule has 0 radical (unpaired) electrons. The number of nitrogens with zero attached hydrogens (tertiary/aromatic N) is 1. The van der Waals surface area contributed by atoms with Gasteiger partial charge >= 0.3 is 0 Å². The molecular weight excluding hydrogens is 136 g/mol. The summed E-state index contributed by atoms with van der Waals surface area (Å²) in [5, 5.41) is 10.6. The third-order valence-electron chi connectivity index (χ3n) is 0.888. The number of rotatable bonds is 3. The van der Waals surface area contributed by atoms with Crippen molar-refractivity contribution < 1.29 is 14.8 Å². The fourth-order valence-electron chi connectivity index (χ4n) is 0.342. The van der Waals surface area contributed by atoms with Crippen molar-refractivity contribution >= 4 is 17.4 Å². The van der Waals surface area contributed by atoms with E-state index in [0.717, 1.165) is 0 Å². The van der Waals surface area contributed by atoms with Gasteiger partial charge in [-0.25, -0.2) is 0 Å². The maximum absolute atomic E-state index is 10.6. The highest BCUT2D eigenvalue weighted by Crippen LogP contribution is 1.84. The Hall–Kier alpha value is -1.39. The second-order valence-corrected chi connectivity index (χ2v) is 1.75. The lowest BCUT2D eigenvalue weighted by Gasteiger charge is -1.91. The van der Waals surface area contributed by atoms with Crippen molar-refractivity contribution in [2.24, 2.45) is 10.9 Å². The quantitative estimate of drug-likeness (QED) is 0.237. The predicted molar refractivity (Wildman–Crippen MR) is 33.7 cm³/mol. The Bertz CT molecular complexity index is 185. The summed E-state index contributed by atoms with van der Waals surface area (Å²) in [6.45, 7) is 1.30. The summed E-state index contributed by atoms with van der Waals surface area (Å²) in [5.41, 5.74) is 4.58. The Balaban J connectivity index is 3.99. The number of ketones is 1. The molecule has 0 aromatic heterocycles. The zero-order valence-electron chi connectivity index (χ0n) is 5.50. The standard InChI is InChI=1S/C5H8N2O3/c1-3(7-10)4(8)2-5(6)9/h10H,2H2,1H3,(H2,6,9). The number of Topliss-reactive ketones (excluding diaryl/α,β-unsaturated/α-hetero) is 1. The fourth-order valence-corrected chi connectivity index (χ4v) is 0.342. The highest BCUT2D eigenvalue weighted by molar-refractivity contribution is 6.41. The van der Waals surface area contributed by atoms with Crippen LogP contribution in [0.3, 0.4) is 0 Å². The summed E-state index contributed by atoms with van der Waals surface area (Å²) in [5.74, 6) is -1.29. The molecule has 0 atom stereocenters. The van der Waals surface area contributed by atoms with Crippen LogP contribution in [0.1, 0.15) is 13.3 Å². The fraction of sp³-hybridized carbons (Fsp3) is 0.400. The lowest BCUT2D eigenvalue weighted by molar-refractivity contribution is -0.123. The van der Waals surface area contributed by atoms with Gasteiger partial charge in [-0.15, -0.1) is 0 Å². The smallest absolute Gasteiger partial charge is 0.225 e. The van der Waals surface area contributed by atoms with Crippen LogP contribution in [0.4, 0.5) is 0 Å². The Labute approximate surface area is 57.5 Å². The van der Waals surface area contributed by atoms with E-state index >= 15 is 0 Å². The highest BCUT2D eigenvalue weighted by Gasteiger charge is 2.08. The highest BCUT2D eigenvalue weighted by atomic mass is 16.4. The van der Waals surface area contributed by atoms with Gasteiger partial charge in [-0.05, 0) is 6.92 Å². The van der Waals surface area contributed by atoms with Crippen LogP contribution in [0, 0.1) is 0 Å². The van der Waals surface area contributed by atoms with E-state index in [0.29, 0.717) is 0 Å². The normalized spacial score (nSPS) is 11.1. The van der Waals surface area contributed by atoms with Crippen LogP contribution in [0.25, 0.3) is 0 Å². The molecule has 0 rings (SSSR count). The first-order chi connectivity index (χ1) is 4.57. The van der Waals surface area contributed by atoms with Crippen molar-refractivity contribution in [2.75, 3.05) is 0 Å².